The molecule has 1 amide bonds. The summed E-state index contributed by atoms with van der Waals surface area (Å²) >= 11 is 0. The zero-order chi connectivity index (χ0) is 11.4. The van der Waals surface area contributed by atoms with Crippen molar-refractivity contribution in [3.63, 3.8) is 0 Å². The molecule has 4 heteroatoms. The van der Waals surface area contributed by atoms with Gasteiger partial charge in [0, 0.05) is 25.5 Å². The molecule has 88 valence electrons. The molecule has 2 rings (SSSR count). The number of hydrogen-bond acceptors (Lipinski definition) is 2. The molecule has 1 unspecified atom stereocenters. The molecular formula is C12H19N3O. The monoisotopic (exact) mass is 221 g/mol. The van der Waals surface area contributed by atoms with Gasteiger partial charge in [0.2, 0.25) is 5.91 Å². The van der Waals surface area contributed by atoms with Crippen LogP contribution in [0.2, 0.25) is 0 Å². The lowest BCUT2D eigenvalue weighted by molar-refractivity contribution is -0.126. The van der Waals surface area contributed by atoms with Gasteiger partial charge in [-0.15, -0.1) is 0 Å². The second-order valence-corrected chi connectivity index (χ2v) is 4.54. The van der Waals surface area contributed by atoms with Gasteiger partial charge in [-0.2, -0.15) is 0 Å². The van der Waals surface area contributed by atoms with E-state index in [0.29, 0.717) is 6.54 Å². The van der Waals surface area contributed by atoms with Gasteiger partial charge in [0.15, 0.2) is 0 Å². The van der Waals surface area contributed by atoms with Crippen LogP contribution in [0.4, 0.5) is 0 Å². The quantitative estimate of drug-likeness (QED) is 0.788. The highest BCUT2D eigenvalue weighted by atomic mass is 16.2. The molecule has 0 spiro atoms. The number of carbonyl (C=O) groups excluding carboxylic acids is 1. The van der Waals surface area contributed by atoms with Gasteiger partial charge in [-0.3, -0.25) is 4.79 Å². The van der Waals surface area contributed by atoms with Crippen LogP contribution in [0.1, 0.15) is 19.8 Å². The van der Waals surface area contributed by atoms with E-state index >= 15 is 0 Å². The summed E-state index contributed by atoms with van der Waals surface area (Å²) in [5.74, 6) is 0.122. The summed E-state index contributed by atoms with van der Waals surface area (Å²) in [5, 5.41) is 6.24. The first-order valence-corrected chi connectivity index (χ1v) is 5.85. The van der Waals surface area contributed by atoms with E-state index in [0.717, 1.165) is 25.9 Å². The largest absolute Gasteiger partial charge is 0.353 e. The summed E-state index contributed by atoms with van der Waals surface area (Å²) in [5.41, 5.74) is -0.351. The van der Waals surface area contributed by atoms with Crippen molar-refractivity contribution in [2.45, 2.75) is 31.8 Å². The third-order valence-electron chi connectivity index (χ3n) is 3.19. The Hall–Kier alpha value is -1.29. The fourth-order valence-corrected chi connectivity index (χ4v) is 2.10. The van der Waals surface area contributed by atoms with Gasteiger partial charge >= 0.3 is 0 Å². The Balaban J connectivity index is 1.75. The number of nitrogens with zero attached hydrogens (tertiary/aromatic N) is 1. The molecule has 2 heterocycles. The zero-order valence-corrected chi connectivity index (χ0v) is 9.70. The normalized spacial score (nSPS) is 24.6. The topological polar surface area (TPSA) is 46.1 Å². The third kappa shape index (κ3) is 2.44. The van der Waals surface area contributed by atoms with Crippen LogP contribution in [0.25, 0.3) is 0 Å². The summed E-state index contributed by atoms with van der Waals surface area (Å²) in [6.07, 6.45) is 6.02. The number of amides is 1. The first-order chi connectivity index (χ1) is 7.71. The molecular weight excluding hydrogens is 202 g/mol. The second-order valence-electron chi connectivity index (χ2n) is 4.54. The van der Waals surface area contributed by atoms with Gasteiger partial charge < -0.3 is 15.2 Å². The Morgan fingerprint density at radius 3 is 2.88 bits per heavy atom. The molecule has 1 aromatic heterocycles. The Bertz CT molecular complexity index is 339. The summed E-state index contributed by atoms with van der Waals surface area (Å²) < 4.78 is 2.06. The van der Waals surface area contributed by atoms with Crippen LogP contribution in [0.5, 0.6) is 0 Å². The minimum absolute atomic E-state index is 0.122. The summed E-state index contributed by atoms with van der Waals surface area (Å²) in [4.78, 5) is 11.9. The first-order valence-electron chi connectivity index (χ1n) is 5.85. The maximum Gasteiger partial charge on any atom is 0.240 e. The van der Waals surface area contributed by atoms with Gasteiger partial charge in [-0.05, 0) is 38.4 Å². The predicted octanol–water partition coefficient (Wildman–Crippen LogP) is 0.746. The number of aromatic nitrogens is 1. The molecule has 0 aliphatic carbocycles. The minimum Gasteiger partial charge on any atom is -0.353 e. The minimum atomic E-state index is -0.351. The van der Waals surface area contributed by atoms with Gasteiger partial charge in [-0.1, -0.05) is 0 Å². The average Bonchev–Trinajstić information content (AvgIpc) is 2.90. The van der Waals surface area contributed by atoms with Crippen LogP contribution in [-0.4, -0.2) is 29.1 Å². The predicted molar refractivity (Wildman–Crippen MR) is 63.1 cm³/mol. The first kappa shape index (κ1) is 11.2. The molecule has 1 aliphatic rings. The maximum absolute atomic E-state index is 11.9. The highest BCUT2D eigenvalue weighted by Gasteiger charge is 2.35. The fraction of sp³-hybridized carbons (Fsp3) is 0.583. The van der Waals surface area contributed by atoms with E-state index in [1.165, 1.54) is 0 Å². The molecule has 0 radical (unpaired) electrons. The van der Waals surface area contributed by atoms with Crippen molar-refractivity contribution in [2.24, 2.45) is 0 Å². The summed E-state index contributed by atoms with van der Waals surface area (Å²) in [6.45, 7) is 4.44. The lowest BCUT2D eigenvalue weighted by atomic mass is 9.99. The molecule has 0 aromatic carbocycles. The Morgan fingerprint density at radius 2 is 2.25 bits per heavy atom. The fourth-order valence-electron chi connectivity index (χ4n) is 2.10. The SMILES string of the molecule is CC1(C(=O)NCCn2cccc2)CCCN1. The van der Waals surface area contributed by atoms with E-state index < -0.39 is 0 Å². The van der Waals surface area contributed by atoms with Crippen molar-refractivity contribution in [2.75, 3.05) is 13.1 Å². The van der Waals surface area contributed by atoms with Crippen LogP contribution in [-0.2, 0) is 11.3 Å². The third-order valence-corrected chi connectivity index (χ3v) is 3.19. The van der Waals surface area contributed by atoms with E-state index in [2.05, 4.69) is 15.2 Å². The van der Waals surface area contributed by atoms with Gasteiger partial charge in [-0.25, -0.2) is 0 Å². The van der Waals surface area contributed by atoms with Crippen LogP contribution in [0.15, 0.2) is 24.5 Å². The van der Waals surface area contributed by atoms with Crippen molar-refractivity contribution in [1.29, 1.82) is 0 Å². The van der Waals surface area contributed by atoms with Gasteiger partial charge in [0.1, 0.15) is 0 Å². The van der Waals surface area contributed by atoms with Crippen LogP contribution >= 0.6 is 0 Å². The smallest absolute Gasteiger partial charge is 0.240 e. The molecule has 1 saturated heterocycles. The van der Waals surface area contributed by atoms with Crippen molar-refractivity contribution < 1.29 is 4.79 Å². The molecule has 1 aromatic rings. The van der Waals surface area contributed by atoms with Gasteiger partial charge in [0.25, 0.3) is 0 Å². The second kappa shape index (κ2) is 4.70. The molecule has 2 N–H and O–H groups in total. The van der Waals surface area contributed by atoms with E-state index in [-0.39, 0.29) is 11.4 Å². The molecule has 0 bridgehead atoms. The molecule has 1 aliphatic heterocycles. The van der Waals surface area contributed by atoms with E-state index in [1.54, 1.807) is 0 Å². The highest BCUT2D eigenvalue weighted by molar-refractivity contribution is 5.86. The molecule has 4 nitrogen and oxygen atoms in total. The van der Waals surface area contributed by atoms with Crippen molar-refractivity contribution in [3.8, 4) is 0 Å². The number of hydrogen-bond donors (Lipinski definition) is 2. The summed E-state index contributed by atoms with van der Waals surface area (Å²) in [6, 6.07) is 3.98. The Morgan fingerprint density at radius 1 is 1.50 bits per heavy atom. The Labute approximate surface area is 96.0 Å². The molecule has 16 heavy (non-hydrogen) atoms. The van der Waals surface area contributed by atoms with Crippen molar-refractivity contribution in [1.82, 2.24) is 15.2 Å². The number of nitrogens with one attached hydrogen (secondary N) is 2. The summed E-state index contributed by atoms with van der Waals surface area (Å²) in [7, 11) is 0. The van der Waals surface area contributed by atoms with Crippen LogP contribution < -0.4 is 10.6 Å². The van der Waals surface area contributed by atoms with E-state index in [4.69, 9.17) is 0 Å². The van der Waals surface area contributed by atoms with Crippen molar-refractivity contribution in [3.05, 3.63) is 24.5 Å². The zero-order valence-electron chi connectivity index (χ0n) is 9.70. The standard InChI is InChI=1S/C12H19N3O/c1-12(5-4-6-14-12)11(16)13-7-10-15-8-2-3-9-15/h2-3,8-9,14H,4-7,10H2,1H3,(H,13,16). The molecule has 1 atom stereocenters. The van der Waals surface area contributed by atoms with Crippen molar-refractivity contribution >= 4 is 5.91 Å². The van der Waals surface area contributed by atoms with Crippen LogP contribution in [0, 0.1) is 0 Å². The molecule has 0 saturated carbocycles. The van der Waals surface area contributed by atoms with Gasteiger partial charge in [0.05, 0.1) is 5.54 Å². The maximum atomic E-state index is 11.9. The highest BCUT2D eigenvalue weighted by Crippen LogP contribution is 2.18. The van der Waals surface area contributed by atoms with E-state index in [1.807, 2.05) is 31.5 Å². The van der Waals surface area contributed by atoms with Crippen LogP contribution in [0.3, 0.4) is 0 Å². The Kier molecular flexibility index (Phi) is 3.29. The lowest BCUT2D eigenvalue weighted by Gasteiger charge is -2.23. The lowest BCUT2D eigenvalue weighted by Crippen LogP contribution is -2.51. The number of carbonyl (C=O) groups is 1. The van der Waals surface area contributed by atoms with E-state index in [9.17, 15) is 4.79 Å². The number of rotatable bonds is 4. The average molecular weight is 221 g/mol. The molecule has 1 fully saturated rings.